The maximum atomic E-state index is 12.9. The van der Waals surface area contributed by atoms with Crippen molar-refractivity contribution in [1.29, 1.82) is 0 Å². The average molecular weight is 512 g/mol. The molecule has 0 saturated carbocycles. The van der Waals surface area contributed by atoms with Gasteiger partial charge >= 0.3 is 6.18 Å². The minimum Gasteiger partial charge on any atom is -0.347 e. The Morgan fingerprint density at radius 2 is 2.07 bits per heavy atom. The summed E-state index contributed by atoms with van der Waals surface area (Å²) in [5.41, 5.74) is -0.202. The van der Waals surface area contributed by atoms with Gasteiger partial charge in [0.2, 0.25) is 5.91 Å². The van der Waals surface area contributed by atoms with E-state index in [2.05, 4.69) is 22.1 Å². The standard InChI is InChI=1S/C19H27F3N4O.HI/c1-14-6-5-9-26(13-14)18(24-12-17(27)25(2)3)23-11-15-7-4-8-16(10-15)19(20,21)22;/h4,7-8,10,14H,5-6,9,11-13H2,1-3H3,(H,23,24);1H. The molecule has 1 aromatic rings. The fourth-order valence-electron chi connectivity index (χ4n) is 2.97. The lowest BCUT2D eigenvalue weighted by atomic mass is 10.0. The molecular formula is C19H28F3IN4O. The van der Waals surface area contributed by atoms with Crippen LogP contribution in [0.15, 0.2) is 29.3 Å². The number of halogens is 4. The predicted molar refractivity (Wildman–Crippen MR) is 115 cm³/mol. The highest BCUT2D eigenvalue weighted by Crippen LogP contribution is 2.29. The van der Waals surface area contributed by atoms with Gasteiger partial charge in [0.15, 0.2) is 5.96 Å². The summed E-state index contributed by atoms with van der Waals surface area (Å²) in [5, 5.41) is 3.07. The van der Waals surface area contributed by atoms with Crippen molar-refractivity contribution in [3.05, 3.63) is 35.4 Å². The number of guanidine groups is 1. The number of hydrogen-bond acceptors (Lipinski definition) is 2. The van der Waals surface area contributed by atoms with E-state index in [1.807, 2.05) is 0 Å². The topological polar surface area (TPSA) is 47.9 Å². The van der Waals surface area contributed by atoms with Gasteiger partial charge in [-0.2, -0.15) is 13.2 Å². The van der Waals surface area contributed by atoms with E-state index < -0.39 is 11.7 Å². The molecule has 28 heavy (non-hydrogen) atoms. The van der Waals surface area contributed by atoms with Crippen molar-refractivity contribution >= 4 is 35.8 Å². The number of likely N-dealkylation sites (tertiary alicyclic amines) is 1. The summed E-state index contributed by atoms with van der Waals surface area (Å²) in [4.78, 5) is 19.9. The number of alkyl halides is 3. The highest BCUT2D eigenvalue weighted by molar-refractivity contribution is 14.0. The summed E-state index contributed by atoms with van der Waals surface area (Å²) in [6, 6.07) is 5.18. The van der Waals surface area contributed by atoms with Gasteiger partial charge in [-0.05, 0) is 36.5 Å². The molecule has 0 aromatic heterocycles. The summed E-state index contributed by atoms with van der Waals surface area (Å²) in [6.45, 7) is 3.99. The van der Waals surface area contributed by atoms with Crippen LogP contribution in [0, 0.1) is 5.92 Å². The Morgan fingerprint density at radius 3 is 2.68 bits per heavy atom. The zero-order valence-corrected chi connectivity index (χ0v) is 18.8. The number of nitrogens with one attached hydrogen (secondary N) is 1. The minimum absolute atomic E-state index is 0. The molecule has 1 amide bonds. The first-order valence-electron chi connectivity index (χ1n) is 9.06. The van der Waals surface area contributed by atoms with Crippen LogP contribution in [0.25, 0.3) is 0 Å². The Bertz CT molecular complexity index is 679. The number of rotatable bonds is 4. The number of nitrogens with zero attached hydrogens (tertiary/aromatic N) is 3. The maximum absolute atomic E-state index is 12.9. The van der Waals surface area contributed by atoms with Crippen LogP contribution in [0.1, 0.15) is 30.9 Å². The number of likely N-dealkylation sites (N-methyl/N-ethyl adjacent to an activating group) is 1. The first-order chi connectivity index (χ1) is 12.7. The molecule has 5 nitrogen and oxygen atoms in total. The van der Waals surface area contributed by atoms with Gasteiger partial charge in [-0.1, -0.05) is 19.1 Å². The Kier molecular flexibility index (Phi) is 9.52. The number of carbonyl (C=O) groups is 1. The predicted octanol–water partition coefficient (Wildman–Crippen LogP) is 3.59. The van der Waals surface area contributed by atoms with Crippen LogP contribution in [0.2, 0.25) is 0 Å². The molecule has 1 N–H and O–H groups in total. The summed E-state index contributed by atoms with van der Waals surface area (Å²) in [6.07, 6.45) is -2.22. The normalized spacial score (nSPS) is 17.7. The number of hydrogen-bond donors (Lipinski definition) is 1. The number of piperidine rings is 1. The van der Waals surface area contributed by atoms with E-state index in [1.165, 1.54) is 11.0 Å². The Hall–Kier alpha value is -1.52. The molecule has 2 rings (SSSR count). The highest BCUT2D eigenvalue weighted by atomic mass is 127. The molecule has 1 atom stereocenters. The monoisotopic (exact) mass is 512 g/mol. The second-order valence-electron chi connectivity index (χ2n) is 7.17. The SMILES string of the molecule is CC1CCCN(C(=NCc2cccc(C(F)(F)F)c2)NCC(=O)N(C)C)C1.I. The second kappa shape index (κ2) is 10.9. The molecule has 1 heterocycles. The summed E-state index contributed by atoms with van der Waals surface area (Å²) >= 11 is 0. The highest BCUT2D eigenvalue weighted by Gasteiger charge is 2.30. The fourth-order valence-corrected chi connectivity index (χ4v) is 2.97. The fraction of sp³-hybridized carbons (Fsp3) is 0.579. The maximum Gasteiger partial charge on any atom is 0.416 e. The van der Waals surface area contributed by atoms with E-state index in [9.17, 15) is 18.0 Å². The molecule has 0 aliphatic carbocycles. The van der Waals surface area contributed by atoms with Crippen LogP contribution in [0.3, 0.4) is 0 Å². The van der Waals surface area contributed by atoms with Gasteiger partial charge in [-0.15, -0.1) is 24.0 Å². The van der Waals surface area contributed by atoms with E-state index in [0.29, 0.717) is 17.4 Å². The van der Waals surface area contributed by atoms with Gasteiger partial charge in [0.05, 0.1) is 18.7 Å². The van der Waals surface area contributed by atoms with Gasteiger partial charge in [0.25, 0.3) is 0 Å². The smallest absolute Gasteiger partial charge is 0.347 e. The van der Waals surface area contributed by atoms with Crippen LogP contribution in [-0.2, 0) is 17.5 Å². The molecule has 1 aliphatic rings. The summed E-state index contributed by atoms with van der Waals surface area (Å²) in [7, 11) is 3.35. The zero-order chi connectivity index (χ0) is 20.0. The number of carbonyl (C=O) groups excluding carboxylic acids is 1. The van der Waals surface area contributed by atoms with Crippen LogP contribution in [-0.4, -0.2) is 55.4 Å². The molecule has 0 radical (unpaired) electrons. The lowest BCUT2D eigenvalue weighted by Crippen LogP contribution is -2.48. The zero-order valence-electron chi connectivity index (χ0n) is 16.4. The third-order valence-corrected chi connectivity index (χ3v) is 4.52. The second-order valence-corrected chi connectivity index (χ2v) is 7.17. The third-order valence-electron chi connectivity index (χ3n) is 4.52. The van der Waals surface area contributed by atoms with Crippen molar-refractivity contribution in [3.8, 4) is 0 Å². The molecule has 1 fully saturated rings. The number of amides is 1. The van der Waals surface area contributed by atoms with Gasteiger partial charge in [-0.25, -0.2) is 4.99 Å². The van der Waals surface area contributed by atoms with E-state index in [4.69, 9.17) is 0 Å². The van der Waals surface area contributed by atoms with Crippen molar-refractivity contribution in [1.82, 2.24) is 15.1 Å². The van der Waals surface area contributed by atoms with Crippen LogP contribution in [0.5, 0.6) is 0 Å². The Labute approximate surface area is 181 Å². The molecule has 0 bridgehead atoms. The van der Waals surface area contributed by atoms with Gasteiger partial charge < -0.3 is 15.1 Å². The van der Waals surface area contributed by atoms with E-state index >= 15 is 0 Å². The average Bonchev–Trinajstić information content (AvgIpc) is 2.61. The molecule has 9 heteroatoms. The van der Waals surface area contributed by atoms with Crippen LogP contribution < -0.4 is 5.32 Å². The van der Waals surface area contributed by atoms with Crippen molar-refractivity contribution in [3.63, 3.8) is 0 Å². The van der Waals surface area contributed by atoms with E-state index in [-0.39, 0.29) is 43.0 Å². The minimum atomic E-state index is -4.37. The summed E-state index contributed by atoms with van der Waals surface area (Å²) < 4.78 is 38.7. The van der Waals surface area contributed by atoms with E-state index in [0.717, 1.165) is 38.1 Å². The van der Waals surface area contributed by atoms with Crippen LogP contribution in [0.4, 0.5) is 13.2 Å². The lowest BCUT2D eigenvalue weighted by Gasteiger charge is -2.33. The molecule has 0 spiro atoms. The molecular weight excluding hydrogens is 484 g/mol. The van der Waals surface area contributed by atoms with Crippen LogP contribution >= 0.6 is 24.0 Å². The molecule has 1 aromatic carbocycles. The third kappa shape index (κ3) is 7.48. The Balaban J connectivity index is 0.00000392. The quantitative estimate of drug-likeness (QED) is 0.381. The molecule has 1 saturated heterocycles. The van der Waals surface area contributed by atoms with Crippen molar-refractivity contribution in [2.45, 2.75) is 32.5 Å². The first-order valence-corrected chi connectivity index (χ1v) is 9.06. The number of aliphatic imine (C=N–C) groups is 1. The summed E-state index contributed by atoms with van der Waals surface area (Å²) in [5.74, 6) is 0.977. The molecule has 158 valence electrons. The lowest BCUT2D eigenvalue weighted by molar-refractivity contribution is -0.137. The van der Waals surface area contributed by atoms with Crippen molar-refractivity contribution in [2.24, 2.45) is 10.9 Å². The van der Waals surface area contributed by atoms with Crippen molar-refractivity contribution in [2.75, 3.05) is 33.7 Å². The van der Waals surface area contributed by atoms with Gasteiger partial charge in [0, 0.05) is 27.2 Å². The van der Waals surface area contributed by atoms with Gasteiger partial charge in [-0.3, -0.25) is 4.79 Å². The first kappa shape index (κ1) is 24.5. The Morgan fingerprint density at radius 1 is 1.36 bits per heavy atom. The van der Waals surface area contributed by atoms with Gasteiger partial charge in [0.1, 0.15) is 0 Å². The van der Waals surface area contributed by atoms with E-state index in [1.54, 1.807) is 20.2 Å². The van der Waals surface area contributed by atoms with Crippen molar-refractivity contribution < 1.29 is 18.0 Å². The molecule has 1 aliphatic heterocycles. The largest absolute Gasteiger partial charge is 0.416 e. The molecule has 1 unspecified atom stereocenters. The number of benzene rings is 1.